The van der Waals surface area contributed by atoms with Crippen molar-refractivity contribution in [2.45, 2.75) is 6.61 Å². The maximum absolute atomic E-state index is 12.6. The lowest BCUT2D eigenvalue weighted by atomic mass is 10.1. The van der Waals surface area contributed by atoms with Crippen molar-refractivity contribution in [1.82, 2.24) is 5.32 Å². The van der Waals surface area contributed by atoms with Crippen molar-refractivity contribution in [1.29, 1.82) is 0 Å². The Kier molecular flexibility index (Phi) is 7.76. The first kappa shape index (κ1) is 25.7. The van der Waals surface area contributed by atoms with Gasteiger partial charge in [0.1, 0.15) is 6.61 Å². The van der Waals surface area contributed by atoms with Crippen LogP contribution < -0.4 is 14.8 Å². The highest BCUT2D eigenvalue weighted by molar-refractivity contribution is 9.10. The lowest BCUT2D eigenvalue weighted by molar-refractivity contribution is -0.115. The van der Waals surface area contributed by atoms with Gasteiger partial charge in [0.15, 0.2) is 16.7 Å². The number of amides is 1. The molecule has 1 aliphatic rings. The number of aliphatic imine (C=N–C) groups is 1. The van der Waals surface area contributed by atoms with Crippen molar-refractivity contribution >= 4 is 84.5 Å². The number of benzene rings is 4. The van der Waals surface area contributed by atoms with E-state index in [1.54, 1.807) is 31.4 Å². The summed E-state index contributed by atoms with van der Waals surface area (Å²) in [6.07, 6.45) is 1.77. The van der Waals surface area contributed by atoms with Crippen LogP contribution in [0.15, 0.2) is 87.2 Å². The molecule has 37 heavy (non-hydrogen) atoms. The molecule has 1 heterocycles. The third-order valence-corrected chi connectivity index (χ3v) is 7.91. The second-order valence-corrected chi connectivity index (χ2v) is 10.7. The Morgan fingerprint density at radius 2 is 1.84 bits per heavy atom. The molecular formula is C28H19BrCl2N2O3S. The lowest BCUT2D eigenvalue weighted by Gasteiger charge is -2.15. The monoisotopic (exact) mass is 612 g/mol. The summed E-state index contributed by atoms with van der Waals surface area (Å²) in [4.78, 5) is 17.5. The molecule has 4 aromatic rings. The second kappa shape index (κ2) is 11.2. The van der Waals surface area contributed by atoms with E-state index in [0.717, 1.165) is 21.9 Å². The number of carbonyl (C=O) groups excluding carboxylic acids is 1. The van der Waals surface area contributed by atoms with Gasteiger partial charge in [0.2, 0.25) is 0 Å². The fourth-order valence-corrected chi connectivity index (χ4v) is 5.60. The van der Waals surface area contributed by atoms with Crippen molar-refractivity contribution in [3.8, 4) is 11.5 Å². The first-order valence-corrected chi connectivity index (χ1v) is 13.5. The Bertz CT molecular complexity index is 1580. The zero-order chi connectivity index (χ0) is 25.9. The highest BCUT2D eigenvalue weighted by Crippen LogP contribution is 2.39. The molecular weight excluding hydrogens is 595 g/mol. The number of halogens is 3. The standard InChI is InChI=1S/C28H19BrCl2N2O3S/c1-35-23-13-16(14-24-27(34)33-28(37-24)32-22-11-5-10-21(30)25(22)31)12-20(29)26(23)36-15-18-8-4-7-17-6-2-3-9-19(17)18/h2-14H,15H2,1H3,(H,32,33,34)/b24-14+. The zero-order valence-corrected chi connectivity index (χ0v) is 23.3. The Morgan fingerprint density at radius 1 is 1.05 bits per heavy atom. The Labute approximate surface area is 236 Å². The van der Waals surface area contributed by atoms with Crippen molar-refractivity contribution in [3.63, 3.8) is 0 Å². The molecule has 1 saturated heterocycles. The van der Waals surface area contributed by atoms with Crippen LogP contribution in [-0.2, 0) is 11.4 Å². The van der Waals surface area contributed by atoms with Crippen LogP contribution in [0.25, 0.3) is 16.8 Å². The van der Waals surface area contributed by atoms with Gasteiger partial charge in [0, 0.05) is 0 Å². The molecule has 4 aromatic carbocycles. The maximum Gasteiger partial charge on any atom is 0.264 e. The van der Waals surface area contributed by atoms with E-state index in [1.165, 1.54) is 11.8 Å². The van der Waals surface area contributed by atoms with Gasteiger partial charge in [0.25, 0.3) is 5.91 Å². The quantitative estimate of drug-likeness (QED) is 0.222. The van der Waals surface area contributed by atoms with Crippen LogP contribution in [0, 0.1) is 0 Å². The van der Waals surface area contributed by atoms with Crippen LogP contribution in [-0.4, -0.2) is 18.2 Å². The highest BCUT2D eigenvalue weighted by atomic mass is 79.9. The van der Waals surface area contributed by atoms with E-state index < -0.39 is 0 Å². The Hall–Kier alpha value is -2.97. The van der Waals surface area contributed by atoms with E-state index in [9.17, 15) is 4.79 Å². The molecule has 0 spiro atoms. The molecule has 5 nitrogen and oxygen atoms in total. The first-order chi connectivity index (χ1) is 17.9. The molecule has 0 unspecified atom stereocenters. The average Bonchev–Trinajstić information content (AvgIpc) is 3.24. The van der Waals surface area contributed by atoms with Crippen LogP contribution in [0.3, 0.4) is 0 Å². The molecule has 1 aliphatic heterocycles. The number of nitrogens with one attached hydrogen (secondary N) is 1. The number of thioether (sulfide) groups is 1. The first-order valence-electron chi connectivity index (χ1n) is 11.1. The molecule has 0 saturated carbocycles. The Morgan fingerprint density at radius 3 is 2.68 bits per heavy atom. The summed E-state index contributed by atoms with van der Waals surface area (Å²) in [5.41, 5.74) is 2.32. The minimum absolute atomic E-state index is 0.256. The van der Waals surface area contributed by atoms with Crippen LogP contribution in [0.2, 0.25) is 10.0 Å². The third-order valence-electron chi connectivity index (χ3n) is 5.61. The van der Waals surface area contributed by atoms with Crippen molar-refractivity contribution in [3.05, 3.63) is 103 Å². The summed E-state index contributed by atoms with van der Waals surface area (Å²) in [5, 5.41) is 6.21. The van der Waals surface area contributed by atoms with Crippen LogP contribution in [0.1, 0.15) is 11.1 Å². The molecule has 1 N–H and O–H groups in total. The molecule has 1 fully saturated rings. The van der Waals surface area contributed by atoms with E-state index in [0.29, 0.717) is 48.4 Å². The largest absolute Gasteiger partial charge is 0.493 e. The van der Waals surface area contributed by atoms with E-state index in [-0.39, 0.29) is 5.91 Å². The molecule has 0 radical (unpaired) electrons. The predicted octanol–water partition coefficient (Wildman–Crippen LogP) is 8.39. The van der Waals surface area contributed by atoms with Gasteiger partial charge in [-0.2, -0.15) is 0 Å². The van der Waals surface area contributed by atoms with E-state index in [2.05, 4.69) is 44.4 Å². The van der Waals surface area contributed by atoms with Crippen molar-refractivity contribution < 1.29 is 14.3 Å². The lowest BCUT2D eigenvalue weighted by Crippen LogP contribution is -2.19. The van der Waals surface area contributed by atoms with E-state index in [4.69, 9.17) is 32.7 Å². The normalized spacial score (nSPS) is 15.4. The number of methoxy groups -OCH3 is 1. The van der Waals surface area contributed by atoms with E-state index >= 15 is 0 Å². The van der Waals surface area contributed by atoms with Gasteiger partial charge in [0.05, 0.1) is 32.2 Å². The molecule has 0 bridgehead atoms. The molecule has 9 heteroatoms. The van der Waals surface area contributed by atoms with Crippen LogP contribution >= 0.6 is 50.9 Å². The summed E-state index contributed by atoms with van der Waals surface area (Å²) in [5.74, 6) is 0.872. The number of nitrogens with zero attached hydrogens (tertiary/aromatic N) is 1. The van der Waals surface area contributed by atoms with Gasteiger partial charge in [-0.25, -0.2) is 4.99 Å². The molecule has 0 aromatic heterocycles. The topological polar surface area (TPSA) is 59.9 Å². The number of ether oxygens (including phenoxy) is 2. The number of hydrogen-bond donors (Lipinski definition) is 1. The third kappa shape index (κ3) is 5.65. The number of fused-ring (bicyclic) bond motifs is 1. The Balaban J connectivity index is 1.38. The fraction of sp³-hybridized carbons (Fsp3) is 0.0714. The van der Waals surface area contributed by atoms with Crippen LogP contribution in [0.5, 0.6) is 11.5 Å². The zero-order valence-electron chi connectivity index (χ0n) is 19.4. The summed E-state index contributed by atoms with van der Waals surface area (Å²) in [6, 6.07) is 23.2. The minimum atomic E-state index is -0.256. The SMILES string of the molecule is COc1cc(/C=C2/SC(=Nc3cccc(Cl)c3Cl)NC2=O)cc(Br)c1OCc1cccc2ccccc12. The van der Waals surface area contributed by atoms with Gasteiger partial charge in [-0.05, 0) is 79.9 Å². The summed E-state index contributed by atoms with van der Waals surface area (Å²) < 4.78 is 12.5. The maximum atomic E-state index is 12.6. The average molecular weight is 614 g/mol. The highest BCUT2D eigenvalue weighted by Gasteiger charge is 2.25. The predicted molar refractivity (Wildman–Crippen MR) is 156 cm³/mol. The van der Waals surface area contributed by atoms with Gasteiger partial charge < -0.3 is 14.8 Å². The van der Waals surface area contributed by atoms with Crippen molar-refractivity contribution in [2.24, 2.45) is 4.99 Å². The molecule has 0 atom stereocenters. The number of rotatable bonds is 6. The molecule has 5 rings (SSSR count). The fourth-order valence-electron chi connectivity index (χ4n) is 3.85. The number of hydrogen-bond acceptors (Lipinski definition) is 5. The van der Waals surface area contributed by atoms with Gasteiger partial charge in [-0.3, -0.25) is 4.79 Å². The van der Waals surface area contributed by atoms with Crippen LogP contribution in [0.4, 0.5) is 5.69 Å². The molecule has 1 amide bonds. The number of amidine groups is 1. The smallest absolute Gasteiger partial charge is 0.264 e. The molecule has 186 valence electrons. The minimum Gasteiger partial charge on any atom is -0.493 e. The second-order valence-electron chi connectivity index (χ2n) is 8.02. The van der Waals surface area contributed by atoms with Gasteiger partial charge in [-0.1, -0.05) is 71.7 Å². The van der Waals surface area contributed by atoms with Crippen molar-refractivity contribution in [2.75, 3.05) is 7.11 Å². The van der Waals surface area contributed by atoms with Gasteiger partial charge in [-0.15, -0.1) is 0 Å². The summed E-state index contributed by atoms with van der Waals surface area (Å²) in [6.45, 7) is 0.376. The summed E-state index contributed by atoms with van der Waals surface area (Å²) in [7, 11) is 1.58. The number of carbonyl (C=O) groups is 1. The van der Waals surface area contributed by atoms with Gasteiger partial charge >= 0.3 is 0 Å². The summed E-state index contributed by atoms with van der Waals surface area (Å²) >= 11 is 17.1. The van der Waals surface area contributed by atoms with E-state index in [1.807, 2.05) is 36.4 Å². The molecule has 0 aliphatic carbocycles.